The molecule has 1 rings (SSSR count). The van der Waals surface area contributed by atoms with Crippen molar-refractivity contribution in [3.8, 4) is 0 Å². The van der Waals surface area contributed by atoms with E-state index in [0.717, 1.165) is 31.6 Å². The molecule has 1 heterocycles. The second-order valence-electron chi connectivity index (χ2n) is 5.67. The fourth-order valence-corrected chi connectivity index (χ4v) is 5.37. The minimum Gasteiger partial charge on any atom is -0.389 e. The third-order valence-corrected chi connectivity index (χ3v) is 12.3. The monoisotopic (exact) mass is 426 g/mol. The largest absolute Gasteiger partial charge is 0.427 e. The molecule has 0 aromatic rings. The molecule has 0 saturated carbocycles. The lowest BCUT2D eigenvalue weighted by atomic mass is 10.5. The van der Waals surface area contributed by atoms with E-state index in [-0.39, 0.29) is 7.43 Å². The molecule has 25 heavy (non-hydrogen) atoms. The first-order valence-corrected chi connectivity index (χ1v) is 17.0. The van der Waals surface area contributed by atoms with Crippen LogP contribution in [0.25, 0.3) is 0 Å². The van der Waals surface area contributed by atoms with E-state index in [9.17, 15) is 13.4 Å². The first-order chi connectivity index (χ1) is 11.2. The van der Waals surface area contributed by atoms with Gasteiger partial charge in [-0.15, -0.1) is 0 Å². The average Bonchev–Trinajstić information content (AvgIpc) is 2.89. The van der Waals surface area contributed by atoms with Gasteiger partial charge in [-0.3, -0.25) is 4.57 Å². The zero-order valence-corrected chi connectivity index (χ0v) is 20.2. The molecule has 0 aromatic carbocycles. The molecular weight excluding hydrogens is 389 g/mol. The van der Waals surface area contributed by atoms with Crippen LogP contribution in [-0.2, 0) is 22.2 Å². The second kappa shape index (κ2) is 17.5. The summed E-state index contributed by atoms with van der Waals surface area (Å²) in [5.41, 5.74) is 0. The minimum atomic E-state index is -1.85. The van der Waals surface area contributed by atoms with Crippen LogP contribution < -0.4 is 5.32 Å². The lowest BCUT2D eigenvalue weighted by Crippen LogP contribution is -2.50. The highest BCUT2D eigenvalue weighted by atomic mass is 29.2. The van der Waals surface area contributed by atoms with Crippen molar-refractivity contribution in [2.24, 2.45) is 0 Å². The molecule has 0 radical (unpaired) electrons. The van der Waals surface area contributed by atoms with Crippen molar-refractivity contribution < 1.29 is 22.2 Å². The Morgan fingerprint density at radius 3 is 1.76 bits per heavy atom. The molecule has 150 valence electrons. The maximum atomic E-state index is 10.5. The molecule has 1 N–H and O–H groups in total. The Labute approximate surface area is 159 Å². The standard InChI is InChI=1S/C6H15NO2Si.C5H13NOSi.C2H6O2Si2.CH4/c1-7-5-4-6-10(7,8-2)9-3;1-6-4-3-5-8(2)7;1-5(3)6(2)4;/h4-6H2,1-3H3;6H,3-5H2,1-2H3;1-2H3;1H4. The molecule has 1 aliphatic rings. The SMILES string of the molecule is C.CNCCC[Si](C)=O.CO[Si]1(OC)CCCN1C.C[Si](=O)[Si](C)=O. The van der Waals surface area contributed by atoms with Crippen LogP contribution in [0.2, 0.25) is 31.7 Å². The lowest BCUT2D eigenvalue weighted by molar-refractivity contribution is 0.195. The first-order valence-electron chi connectivity index (χ1n) is 8.13. The van der Waals surface area contributed by atoms with Gasteiger partial charge in [0.15, 0.2) is 0 Å². The highest BCUT2D eigenvalue weighted by Gasteiger charge is 2.44. The summed E-state index contributed by atoms with van der Waals surface area (Å²) in [6, 6.07) is 2.00. The highest BCUT2D eigenvalue weighted by molar-refractivity contribution is 7.06. The maximum Gasteiger partial charge on any atom is 0.427 e. The van der Waals surface area contributed by atoms with Crippen LogP contribution >= 0.6 is 0 Å². The van der Waals surface area contributed by atoms with Crippen molar-refractivity contribution in [1.29, 1.82) is 0 Å². The molecule has 0 aromatic heterocycles. The molecule has 1 fully saturated rings. The molecule has 0 spiro atoms. The smallest absolute Gasteiger partial charge is 0.389 e. The van der Waals surface area contributed by atoms with Gasteiger partial charge in [-0.2, -0.15) is 0 Å². The summed E-state index contributed by atoms with van der Waals surface area (Å²) in [7, 11) is 1.12. The van der Waals surface area contributed by atoms with Gasteiger partial charge in [-0.1, -0.05) is 7.43 Å². The predicted molar refractivity (Wildman–Crippen MR) is 109 cm³/mol. The normalized spacial score (nSPS) is 15.0. The van der Waals surface area contributed by atoms with Gasteiger partial charge in [0, 0.05) is 20.3 Å². The summed E-state index contributed by atoms with van der Waals surface area (Å²) in [4.78, 5) is 0. The van der Waals surface area contributed by atoms with Crippen molar-refractivity contribution in [3.63, 3.8) is 0 Å². The van der Waals surface area contributed by atoms with Crippen molar-refractivity contribution in [3.05, 3.63) is 0 Å². The summed E-state index contributed by atoms with van der Waals surface area (Å²) in [6.45, 7) is 6.95. The number of nitrogens with one attached hydrogen (secondary N) is 1. The zero-order chi connectivity index (χ0) is 19.2. The Bertz CT molecular complexity index is 383. The summed E-state index contributed by atoms with van der Waals surface area (Å²) in [6.07, 6.45) is 2.26. The number of hydrogen-bond donors (Lipinski definition) is 1. The quantitative estimate of drug-likeness (QED) is 0.492. The molecular formula is C14H38N2O5Si4. The summed E-state index contributed by atoms with van der Waals surface area (Å²) in [5.74, 6) is 0. The molecule has 1 saturated heterocycles. The molecule has 0 bridgehead atoms. The van der Waals surface area contributed by atoms with Crippen LogP contribution in [0.5, 0.6) is 0 Å². The summed E-state index contributed by atoms with van der Waals surface area (Å²) < 4.78 is 43.6. The predicted octanol–water partition coefficient (Wildman–Crippen LogP) is 2.01. The van der Waals surface area contributed by atoms with Crippen molar-refractivity contribution in [1.82, 2.24) is 9.88 Å². The van der Waals surface area contributed by atoms with Gasteiger partial charge in [0.2, 0.25) is 0 Å². The van der Waals surface area contributed by atoms with E-state index in [2.05, 4.69) is 16.9 Å². The van der Waals surface area contributed by atoms with E-state index in [1.165, 1.54) is 19.5 Å². The summed E-state index contributed by atoms with van der Waals surface area (Å²) >= 11 is 0. The molecule has 11 heteroatoms. The molecule has 0 atom stereocenters. The van der Waals surface area contributed by atoms with Crippen LogP contribution in [0.4, 0.5) is 0 Å². The van der Waals surface area contributed by atoms with Crippen LogP contribution in [0.1, 0.15) is 20.3 Å². The van der Waals surface area contributed by atoms with Gasteiger partial charge < -0.3 is 27.6 Å². The van der Waals surface area contributed by atoms with Crippen LogP contribution in [0.3, 0.4) is 0 Å². The summed E-state index contributed by atoms with van der Waals surface area (Å²) in [5, 5.41) is 3.00. The van der Waals surface area contributed by atoms with Crippen LogP contribution in [-0.4, -0.2) is 79.8 Å². The van der Waals surface area contributed by atoms with Crippen LogP contribution in [0.15, 0.2) is 0 Å². The van der Waals surface area contributed by atoms with E-state index in [4.69, 9.17) is 8.85 Å². The molecule has 0 aliphatic carbocycles. The Hall–Kier alpha value is 0.108. The number of hydrogen-bond acceptors (Lipinski definition) is 7. The second-order valence-corrected chi connectivity index (χ2v) is 17.5. The zero-order valence-electron chi connectivity index (χ0n) is 16.2. The van der Waals surface area contributed by atoms with E-state index in [1.807, 2.05) is 7.05 Å². The molecule has 0 amide bonds. The van der Waals surface area contributed by atoms with Gasteiger partial charge >= 0.3 is 25.1 Å². The van der Waals surface area contributed by atoms with Gasteiger partial charge in [-0.05, 0) is 65.7 Å². The fraction of sp³-hybridized carbons (Fsp3) is 1.00. The maximum absolute atomic E-state index is 10.5. The Balaban J connectivity index is -0.000000295. The van der Waals surface area contributed by atoms with Crippen molar-refractivity contribution in [2.75, 3.05) is 41.4 Å². The highest BCUT2D eigenvalue weighted by Crippen LogP contribution is 2.24. The van der Waals surface area contributed by atoms with Gasteiger partial charge in [0.05, 0.1) is 0 Å². The van der Waals surface area contributed by atoms with Gasteiger partial charge in [0.1, 0.15) is 0 Å². The average molecular weight is 427 g/mol. The van der Waals surface area contributed by atoms with E-state index in [1.54, 1.807) is 20.8 Å². The molecule has 7 nitrogen and oxygen atoms in total. The van der Waals surface area contributed by atoms with Gasteiger partial charge in [-0.25, -0.2) is 0 Å². The van der Waals surface area contributed by atoms with E-state index < -0.39 is 33.8 Å². The minimum absolute atomic E-state index is 0. The van der Waals surface area contributed by atoms with Crippen molar-refractivity contribution in [2.45, 2.75) is 52.0 Å². The third kappa shape index (κ3) is 14.9. The lowest BCUT2D eigenvalue weighted by Gasteiger charge is -2.28. The van der Waals surface area contributed by atoms with Crippen molar-refractivity contribution >= 4 is 33.8 Å². The van der Waals surface area contributed by atoms with E-state index >= 15 is 0 Å². The number of nitrogens with zero attached hydrogens (tertiary/aromatic N) is 1. The Kier molecular flexibility index (Phi) is 20.9. The third-order valence-electron chi connectivity index (χ3n) is 3.66. The molecule has 0 unspecified atom stereocenters. The van der Waals surface area contributed by atoms with E-state index in [0.29, 0.717) is 0 Å². The first kappa shape index (κ1) is 29.9. The Morgan fingerprint density at radius 1 is 1.08 bits per heavy atom. The van der Waals surface area contributed by atoms with Crippen LogP contribution in [0, 0.1) is 0 Å². The molecule has 1 aliphatic heterocycles. The number of rotatable bonds is 7. The fourth-order valence-electron chi connectivity index (χ4n) is 2.01. The van der Waals surface area contributed by atoms with Gasteiger partial charge in [0.25, 0.3) is 8.68 Å². The Morgan fingerprint density at radius 2 is 1.56 bits per heavy atom. The topological polar surface area (TPSA) is 84.9 Å².